The molecule has 1 N–H and O–H groups in total. The van der Waals surface area contributed by atoms with Crippen molar-refractivity contribution in [3.05, 3.63) is 65.0 Å². The van der Waals surface area contributed by atoms with E-state index in [1.165, 1.54) is 11.8 Å². The lowest BCUT2D eigenvalue weighted by Gasteiger charge is -2.12. The Kier molecular flexibility index (Phi) is 6.36. The van der Waals surface area contributed by atoms with Crippen LogP contribution in [0.1, 0.15) is 29.5 Å². The van der Waals surface area contributed by atoms with Crippen LogP contribution in [0.5, 0.6) is 5.75 Å². The highest BCUT2D eigenvalue weighted by Gasteiger charge is 2.19. The molecule has 0 aliphatic rings. The van der Waals surface area contributed by atoms with Gasteiger partial charge < -0.3 is 14.5 Å². The van der Waals surface area contributed by atoms with Crippen molar-refractivity contribution in [1.29, 1.82) is 0 Å². The van der Waals surface area contributed by atoms with Crippen LogP contribution in [0.2, 0.25) is 0 Å². The van der Waals surface area contributed by atoms with Crippen LogP contribution in [0.15, 0.2) is 52.1 Å². The smallest absolute Gasteiger partial charge is 0.277 e. The van der Waals surface area contributed by atoms with E-state index in [2.05, 4.69) is 15.5 Å². The van der Waals surface area contributed by atoms with E-state index in [9.17, 15) is 4.79 Å². The van der Waals surface area contributed by atoms with Crippen LogP contribution < -0.4 is 10.1 Å². The second kappa shape index (κ2) is 8.93. The van der Waals surface area contributed by atoms with E-state index in [0.29, 0.717) is 17.5 Å². The number of carbonyl (C=O) groups excluding carboxylic acids is 1. The average molecular weight is 398 g/mol. The first-order valence-electron chi connectivity index (χ1n) is 8.94. The van der Waals surface area contributed by atoms with Crippen molar-refractivity contribution in [2.24, 2.45) is 0 Å². The highest BCUT2D eigenvalue weighted by atomic mass is 32.2. The molecule has 0 bridgehead atoms. The summed E-state index contributed by atoms with van der Waals surface area (Å²) in [6.45, 7) is 5.82. The number of hydrogen-bond acceptors (Lipinski definition) is 6. The quantitative estimate of drug-likeness (QED) is 0.595. The molecule has 1 heterocycles. The molecule has 2 aromatic carbocycles. The third-order valence-electron chi connectivity index (χ3n) is 4.25. The summed E-state index contributed by atoms with van der Waals surface area (Å²) >= 11 is 1.25. The molecule has 0 fully saturated rings. The number of methoxy groups -OCH3 is 1. The normalized spacial score (nSPS) is 11.9. The van der Waals surface area contributed by atoms with Gasteiger partial charge in [-0.3, -0.25) is 4.79 Å². The number of aryl methyl sites for hydroxylation is 2. The molecule has 0 unspecified atom stereocenters. The number of ether oxygens (including phenoxy) is 1. The number of nitrogens with zero attached hydrogens (tertiary/aromatic N) is 2. The third kappa shape index (κ3) is 5.13. The van der Waals surface area contributed by atoms with Gasteiger partial charge in [0.2, 0.25) is 11.8 Å². The molecular weight excluding hydrogens is 374 g/mol. The molecule has 3 rings (SSSR count). The number of nitrogens with one attached hydrogen (secondary N) is 1. The molecule has 0 aliphatic carbocycles. The van der Waals surface area contributed by atoms with Crippen molar-refractivity contribution in [1.82, 2.24) is 10.2 Å². The van der Waals surface area contributed by atoms with E-state index in [-0.39, 0.29) is 11.2 Å². The van der Waals surface area contributed by atoms with Gasteiger partial charge in [-0.15, -0.1) is 10.2 Å². The second-order valence-corrected chi connectivity index (χ2v) is 7.85. The summed E-state index contributed by atoms with van der Waals surface area (Å²) in [7, 11) is 1.63. The Balaban J connectivity index is 1.58. The highest BCUT2D eigenvalue weighted by Crippen LogP contribution is 2.25. The Morgan fingerprint density at radius 1 is 1.18 bits per heavy atom. The zero-order valence-corrected chi connectivity index (χ0v) is 17.2. The fourth-order valence-electron chi connectivity index (χ4n) is 2.67. The van der Waals surface area contributed by atoms with Crippen molar-refractivity contribution < 1.29 is 13.9 Å². The Labute approximate surface area is 168 Å². The molecule has 1 aromatic heterocycles. The highest BCUT2D eigenvalue weighted by molar-refractivity contribution is 8.00. The van der Waals surface area contributed by atoms with Crippen molar-refractivity contribution in [2.75, 3.05) is 12.4 Å². The number of hydrogen-bond donors (Lipinski definition) is 1. The molecule has 0 spiro atoms. The molecule has 1 atom stereocenters. The minimum Gasteiger partial charge on any atom is -0.497 e. The fourth-order valence-corrected chi connectivity index (χ4v) is 3.37. The number of carbonyl (C=O) groups is 1. The van der Waals surface area contributed by atoms with Gasteiger partial charge in [-0.05, 0) is 50.1 Å². The molecule has 1 amide bonds. The maximum atomic E-state index is 12.5. The Hall–Kier alpha value is -2.80. The van der Waals surface area contributed by atoms with Gasteiger partial charge in [-0.2, -0.15) is 0 Å². The van der Waals surface area contributed by atoms with Crippen molar-refractivity contribution in [2.45, 2.75) is 37.7 Å². The molecule has 146 valence electrons. The SMILES string of the molecule is COc1ccc(Cc2nnc(S[C@H](C)C(=O)Nc3ccc(C)cc3C)o2)cc1. The Morgan fingerprint density at radius 3 is 2.61 bits per heavy atom. The lowest BCUT2D eigenvalue weighted by molar-refractivity contribution is -0.115. The van der Waals surface area contributed by atoms with Gasteiger partial charge in [-0.1, -0.05) is 41.6 Å². The summed E-state index contributed by atoms with van der Waals surface area (Å²) in [6, 6.07) is 13.6. The number of aromatic nitrogens is 2. The van der Waals surface area contributed by atoms with E-state index in [1.807, 2.05) is 63.2 Å². The lowest BCUT2D eigenvalue weighted by Crippen LogP contribution is -2.22. The summed E-state index contributed by atoms with van der Waals surface area (Å²) in [4.78, 5) is 12.5. The Morgan fingerprint density at radius 2 is 1.93 bits per heavy atom. The lowest BCUT2D eigenvalue weighted by atomic mass is 10.1. The minimum atomic E-state index is -0.366. The van der Waals surface area contributed by atoms with Crippen molar-refractivity contribution in [3.8, 4) is 5.75 Å². The van der Waals surface area contributed by atoms with Gasteiger partial charge in [-0.25, -0.2) is 0 Å². The number of thioether (sulfide) groups is 1. The Bertz CT molecular complexity index is 954. The first-order valence-corrected chi connectivity index (χ1v) is 9.82. The standard InChI is InChI=1S/C21H23N3O3S/c1-13-5-10-18(14(2)11-13)22-20(25)15(3)28-21-24-23-19(27-21)12-16-6-8-17(26-4)9-7-16/h5-11,15H,12H2,1-4H3,(H,22,25)/t15-/m1/s1. The van der Waals surface area contributed by atoms with E-state index in [0.717, 1.165) is 28.1 Å². The second-order valence-electron chi connectivity index (χ2n) is 6.55. The monoisotopic (exact) mass is 397 g/mol. The van der Waals surface area contributed by atoms with E-state index in [4.69, 9.17) is 9.15 Å². The van der Waals surface area contributed by atoms with Gasteiger partial charge >= 0.3 is 0 Å². The van der Waals surface area contributed by atoms with Gasteiger partial charge in [0.15, 0.2) is 0 Å². The van der Waals surface area contributed by atoms with Crippen molar-refractivity contribution in [3.63, 3.8) is 0 Å². The van der Waals surface area contributed by atoms with Crippen LogP contribution in [0.4, 0.5) is 5.69 Å². The molecule has 0 saturated carbocycles. The largest absolute Gasteiger partial charge is 0.497 e. The van der Waals surface area contributed by atoms with Gasteiger partial charge in [0.25, 0.3) is 5.22 Å². The maximum Gasteiger partial charge on any atom is 0.277 e. The number of benzene rings is 2. The van der Waals surface area contributed by atoms with Crippen LogP contribution in [-0.4, -0.2) is 28.5 Å². The first kappa shape index (κ1) is 19.9. The van der Waals surface area contributed by atoms with E-state index in [1.54, 1.807) is 7.11 Å². The zero-order chi connectivity index (χ0) is 20.1. The summed E-state index contributed by atoms with van der Waals surface area (Å²) in [6.07, 6.45) is 0.528. The van der Waals surface area contributed by atoms with Crippen LogP contribution in [0, 0.1) is 13.8 Å². The van der Waals surface area contributed by atoms with Gasteiger partial charge in [0, 0.05) is 5.69 Å². The average Bonchev–Trinajstić information content (AvgIpc) is 3.11. The molecule has 0 saturated heterocycles. The topological polar surface area (TPSA) is 77.2 Å². The van der Waals surface area contributed by atoms with Crippen LogP contribution >= 0.6 is 11.8 Å². The predicted molar refractivity (Wildman–Crippen MR) is 110 cm³/mol. The summed E-state index contributed by atoms with van der Waals surface area (Å²) < 4.78 is 10.8. The predicted octanol–water partition coefficient (Wildman–Crippen LogP) is 4.41. The molecule has 3 aromatic rings. The van der Waals surface area contributed by atoms with Gasteiger partial charge in [0.1, 0.15) is 5.75 Å². The molecular formula is C21H23N3O3S. The summed E-state index contributed by atoms with van der Waals surface area (Å²) in [5.74, 6) is 1.20. The molecule has 28 heavy (non-hydrogen) atoms. The first-order chi connectivity index (χ1) is 13.4. The molecule has 7 heteroatoms. The van der Waals surface area contributed by atoms with E-state index < -0.39 is 0 Å². The van der Waals surface area contributed by atoms with Crippen LogP contribution in [0.3, 0.4) is 0 Å². The summed E-state index contributed by atoms with van der Waals surface area (Å²) in [5.41, 5.74) is 4.05. The minimum absolute atomic E-state index is 0.105. The fraction of sp³-hybridized carbons (Fsp3) is 0.286. The number of anilines is 1. The van der Waals surface area contributed by atoms with Crippen LogP contribution in [0.25, 0.3) is 0 Å². The number of rotatable bonds is 7. The molecule has 0 aliphatic heterocycles. The zero-order valence-electron chi connectivity index (χ0n) is 16.4. The van der Waals surface area contributed by atoms with Gasteiger partial charge in [0.05, 0.1) is 18.8 Å². The van der Waals surface area contributed by atoms with Crippen LogP contribution in [-0.2, 0) is 11.2 Å². The number of amides is 1. The van der Waals surface area contributed by atoms with E-state index >= 15 is 0 Å². The third-order valence-corrected chi connectivity index (χ3v) is 5.18. The maximum absolute atomic E-state index is 12.5. The molecule has 6 nitrogen and oxygen atoms in total. The van der Waals surface area contributed by atoms with Crippen molar-refractivity contribution >= 4 is 23.4 Å². The molecule has 0 radical (unpaired) electrons. The summed E-state index contributed by atoms with van der Waals surface area (Å²) in [5, 5.41) is 11.1.